The average molecular weight is 717 g/mol. The molecular weight excluding hydrogens is 689 g/mol. The summed E-state index contributed by atoms with van der Waals surface area (Å²) in [5.74, 6) is 2.26. The number of furan rings is 1. The maximum Gasteiger partial charge on any atom is 0.180 e. The van der Waals surface area contributed by atoms with Gasteiger partial charge in [0, 0.05) is 38.7 Å². The van der Waals surface area contributed by atoms with Crippen LogP contribution >= 0.6 is 0 Å². The van der Waals surface area contributed by atoms with Gasteiger partial charge in [0.15, 0.2) is 28.9 Å². The molecule has 0 saturated heterocycles. The highest BCUT2D eigenvalue weighted by Gasteiger charge is 2.21. The van der Waals surface area contributed by atoms with E-state index < -0.39 is 0 Å². The van der Waals surface area contributed by atoms with Gasteiger partial charge < -0.3 is 8.98 Å². The van der Waals surface area contributed by atoms with Crippen molar-refractivity contribution in [2.75, 3.05) is 0 Å². The predicted molar refractivity (Wildman–Crippen MR) is 222 cm³/mol. The number of benzene rings is 6. The second kappa shape index (κ2) is 12.9. The number of allylic oxidation sites excluding steroid dienone is 1. The van der Waals surface area contributed by atoms with Crippen molar-refractivity contribution in [3.05, 3.63) is 186 Å². The molecule has 260 valence electrons. The first-order chi connectivity index (χ1) is 27.7. The van der Waals surface area contributed by atoms with Crippen molar-refractivity contribution in [3.8, 4) is 51.1 Å². The first kappa shape index (κ1) is 31.6. The van der Waals surface area contributed by atoms with Crippen LogP contribution in [-0.4, -0.2) is 29.5 Å². The third-order valence-corrected chi connectivity index (χ3v) is 10.1. The van der Waals surface area contributed by atoms with Crippen molar-refractivity contribution >= 4 is 50.4 Å². The van der Waals surface area contributed by atoms with Gasteiger partial charge >= 0.3 is 0 Å². The molecule has 6 aromatic carbocycles. The highest BCUT2D eigenvalue weighted by atomic mass is 16.3. The van der Waals surface area contributed by atoms with Crippen LogP contribution in [0.1, 0.15) is 5.82 Å². The number of aromatic nitrogens is 6. The summed E-state index contributed by atoms with van der Waals surface area (Å²) in [6.45, 7) is 0. The minimum atomic E-state index is 0.519. The van der Waals surface area contributed by atoms with Gasteiger partial charge in [0.25, 0.3) is 0 Å². The lowest BCUT2D eigenvalue weighted by Crippen LogP contribution is -2.28. The monoisotopic (exact) mass is 716 g/mol. The van der Waals surface area contributed by atoms with Crippen molar-refractivity contribution in [2.45, 2.75) is 0 Å². The van der Waals surface area contributed by atoms with E-state index in [9.17, 15) is 0 Å². The summed E-state index contributed by atoms with van der Waals surface area (Å²) in [7, 11) is 0. The van der Waals surface area contributed by atoms with Crippen LogP contribution in [0.5, 0.6) is 0 Å². The quantitative estimate of drug-likeness (QED) is 0.160. The minimum absolute atomic E-state index is 0.519. The van der Waals surface area contributed by atoms with Gasteiger partial charge in [-0.05, 0) is 42.5 Å². The van der Waals surface area contributed by atoms with Crippen LogP contribution in [0.3, 0.4) is 0 Å². The van der Waals surface area contributed by atoms with E-state index in [1.807, 2.05) is 109 Å². The molecule has 0 fully saturated rings. The molecule has 1 aliphatic carbocycles. The first-order valence-corrected chi connectivity index (χ1v) is 18.4. The highest BCUT2D eigenvalue weighted by Crippen LogP contribution is 2.36. The maximum atomic E-state index is 6.53. The van der Waals surface area contributed by atoms with Crippen LogP contribution in [0.25, 0.3) is 101 Å². The minimum Gasteiger partial charge on any atom is -0.452 e. The number of hydrogen-bond donors (Lipinski definition) is 0. The molecule has 4 heterocycles. The summed E-state index contributed by atoms with van der Waals surface area (Å²) >= 11 is 0. The molecule has 0 radical (unpaired) electrons. The van der Waals surface area contributed by atoms with Gasteiger partial charge in [-0.1, -0.05) is 139 Å². The second-order valence-corrected chi connectivity index (χ2v) is 13.5. The fourth-order valence-corrected chi connectivity index (χ4v) is 7.46. The van der Waals surface area contributed by atoms with Crippen LogP contribution in [0.15, 0.2) is 174 Å². The Hall–Kier alpha value is -7.95. The SMILES string of the molecule is C1=C=c2c(n(-c3ccccc3)c3ccccc23)=CC=1c1nc(-c2cccc(-c3nc(-c4ccccc4)nc(-c4ccccc4)n3)c2)c2oc3ccccc3c2n1. The highest BCUT2D eigenvalue weighted by molar-refractivity contribution is 6.07. The largest absolute Gasteiger partial charge is 0.452 e. The molecule has 0 amide bonds. The Kier molecular flexibility index (Phi) is 7.25. The molecule has 7 nitrogen and oxygen atoms in total. The van der Waals surface area contributed by atoms with E-state index in [4.69, 9.17) is 29.3 Å². The average Bonchev–Trinajstić information content (AvgIpc) is 3.82. The summed E-state index contributed by atoms with van der Waals surface area (Å²) in [5, 5.41) is 3.99. The maximum absolute atomic E-state index is 6.53. The zero-order valence-corrected chi connectivity index (χ0v) is 29.8. The Morgan fingerprint density at radius 3 is 1.79 bits per heavy atom. The van der Waals surface area contributed by atoms with Gasteiger partial charge in [0.2, 0.25) is 0 Å². The molecule has 0 saturated carbocycles. The van der Waals surface area contributed by atoms with Crippen LogP contribution in [0, 0.1) is 0 Å². The Bertz CT molecular complexity index is 3320. The summed E-state index contributed by atoms with van der Waals surface area (Å²) in [5.41, 5.74) is 16.0. The van der Waals surface area contributed by atoms with Crippen molar-refractivity contribution in [3.63, 3.8) is 0 Å². The lowest BCUT2D eigenvalue weighted by Gasteiger charge is -2.10. The standard InChI is InChI=1S/C49H28N6O/c1-4-15-31(16-5-1)46-52-47(32-17-6-2-7-18-32)54-49(53-46)34-20-14-19-33(29-34)43-45-44(39-24-11-13-26-42(39)56-45)51-48(50-43)35-27-28-38-37-23-10-12-25-40(37)55(41(38)30-35)36-21-8-3-9-22-36/h1-26,29-30H. The number of nitrogens with zero attached hydrogens (tertiary/aromatic N) is 6. The van der Waals surface area contributed by atoms with Crippen LogP contribution in [-0.2, 0) is 0 Å². The normalized spacial score (nSPS) is 12.0. The van der Waals surface area contributed by atoms with Crippen LogP contribution in [0.2, 0.25) is 0 Å². The van der Waals surface area contributed by atoms with E-state index in [1.165, 1.54) is 0 Å². The molecule has 1 aliphatic rings. The first-order valence-electron chi connectivity index (χ1n) is 18.4. The molecule has 0 bridgehead atoms. The van der Waals surface area contributed by atoms with E-state index in [2.05, 4.69) is 76.7 Å². The van der Waals surface area contributed by atoms with Gasteiger partial charge in [-0.15, -0.1) is 0 Å². The molecule has 7 heteroatoms. The Morgan fingerprint density at radius 1 is 0.464 bits per heavy atom. The Morgan fingerprint density at radius 2 is 1.05 bits per heavy atom. The third kappa shape index (κ3) is 5.28. The summed E-state index contributed by atoms with van der Waals surface area (Å²) in [6, 6.07) is 54.8. The van der Waals surface area contributed by atoms with Gasteiger partial charge in [0.05, 0.1) is 21.7 Å². The number of hydrogen-bond acceptors (Lipinski definition) is 6. The topological polar surface area (TPSA) is 82.5 Å². The van der Waals surface area contributed by atoms with E-state index in [0.29, 0.717) is 34.6 Å². The molecule has 0 aliphatic heterocycles. The number of fused-ring (bicyclic) bond motifs is 6. The lowest BCUT2D eigenvalue weighted by molar-refractivity contribution is 0.667. The van der Waals surface area contributed by atoms with Gasteiger partial charge in [-0.2, -0.15) is 0 Å². The fourth-order valence-electron chi connectivity index (χ4n) is 7.46. The zero-order valence-electron chi connectivity index (χ0n) is 29.8. The van der Waals surface area contributed by atoms with Crippen molar-refractivity contribution < 1.29 is 4.42 Å². The molecule has 4 aromatic heterocycles. The Balaban J connectivity index is 1.12. The third-order valence-electron chi connectivity index (χ3n) is 10.1. The van der Waals surface area contributed by atoms with Crippen LogP contribution < -0.4 is 10.6 Å². The number of para-hydroxylation sites is 3. The fraction of sp³-hybridized carbons (Fsp3) is 0. The molecule has 0 atom stereocenters. The summed E-state index contributed by atoms with van der Waals surface area (Å²) in [4.78, 5) is 25.3. The Labute approximate surface area is 320 Å². The molecular formula is C49H28N6O. The smallest absolute Gasteiger partial charge is 0.180 e. The van der Waals surface area contributed by atoms with Crippen molar-refractivity contribution in [1.29, 1.82) is 0 Å². The molecule has 10 aromatic rings. The molecule has 11 rings (SSSR count). The summed E-state index contributed by atoms with van der Waals surface area (Å²) < 4.78 is 8.79. The van der Waals surface area contributed by atoms with E-state index in [1.54, 1.807) is 0 Å². The molecule has 0 unspecified atom stereocenters. The van der Waals surface area contributed by atoms with Gasteiger partial charge in [0.1, 0.15) is 16.8 Å². The van der Waals surface area contributed by atoms with Gasteiger partial charge in [-0.3, -0.25) is 0 Å². The molecule has 56 heavy (non-hydrogen) atoms. The molecule has 0 spiro atoms. The molecule has 0 N–H and O–H groups in total. The van der Waals surface area contributed by atoms with Crippen molar-refractivity contribution in [2.24, 2.45) is 0 Å². The predicted octanol–water partition coefficient (Wildman–Crippen LogP) is 9.59. The van der Waals surface area contributed by atoms with Crippen LogP contribution in [0.4, 0.5) is 0 Å². The van der Waals surface area contributed by atoms with E-state index >= 15 is 0 Å². The number of rotatable bonds is 6. The lowest BCUT2D eigenvalue weighted by atomic mass is 10.1. The van der Waals surface area contributed by atoms with Crippen molar-refractivity contribution in [1.82, 2.24) is 29.5 Å². The summed E-state index contributed by atoms with van der Waals surface area (Å²) in [6.07, 6.45) is 2.11. The zero-order chi connectivity index (χ0) is 37.0. The second-order valence-electron chi connectivity index (χ2n) is 13.5. The van der Waals surface area contributed by atoms with Gasteiger partial charge in [-0.25, -0.2) is 24.9 Å². The van der Waals surface area contributed by atoms with E-state index in [-0.39, 0.29) is 0 Å². The van der Waals surface area contributed by atoms with E-state index in [0.717, 1.165) is 71.5 Å².